The lowest BCUT2D eigenvalue weighted by molar-refractivity contribution is 0.0232. The molecule has 23 heavy (non-hydrogen) atoms. The number of nitrogens with one attached hydrogen (secondary N) is 2. The fraction of sp³-hybridized carbons (Fsp3) is 0.611. The molecule has 128 valence electrons. The van der Waals surface area contributed by atoms with E-state index < -0.39 is 11.7 Å². The van der Waals surface area contributed by atoms with Gasteiger partial charge in [0.05, 0.1) is 6.10 Å². The highest BCUT2D eigenvalue weighted by Gasteiger charge is 2.20. The zero-order chi connectivity index (χ0) is 16.9. The van der Waals surface area contributed by atoms with Crippen molar-refractivity contribution in [1.82, 2.24) is 5.32 Å². The molecule has 1 aliphatic rings. The van der Waals surface area contributed by atoms with Crippen molar-refractivity contribution in [3.05, 3.63) is 29.8 Å². The van der Waals surface area contributed by atoms with E-state index in [0.29, 0.717) is 12.6 Å². The van der Waals surface area contributed by atoms with Crippen molar-refractivity contribution in [1.29, 1.82) is 0 Å². The van der Waals surface area contributed by atoms with Crippen LogP contribution in [0.1, 0.15) is 46.1 Å². The third-order valence-electron chi connectivity index (χ3n) is 3.68. The minimum Gasteiger partial charge on any atom is -0.444 e. The van der Waals surface area contributed by atoms with Crippen LogP contribution in [0.4, 0.5) is 10.5 Å². The zero-order valence-electron chi connectivity index (χ0n) is 14.5. The Balaban J connectivity index is 1.93. The number of rotatable bonds is 4. The Morgan fingerprint density at radius 1 is 1.35 bits per heavy atom. The maximum atomic E-state index is 11.8. The second-order valence-corrected chi connectivity index (χ2v) is 7.06. The smallest absolute Gasteiger partial charge is 0.407 e. The van der Waals surface area contributed by atoms with Crippen LogP contribution >= 0.6 is 0 Å². The molecule has 2 unspecified atom stereocenters. The predicted octanol–water partition coefficient (Wildman–Crippen LogP) is 3.69. The van der Waals surface area contributed by atoms with Crippen molar-refractivity contribution in [2.45, 2.75) is 64.8 Å². The molecule has 1 amide bonds. The monoisotopic (exact) mass is 320 g/mol. The first-order chi connectivity index (χ1) is 10.8. The topological polar surface area (TPSA) is 59.6 Å². The van der Waals surface area contributed by atoms with E-state index in [1.54, 1.807) is 0 Å². The molecule has 2 N–H and O–H groups in total. The molecule has 0 aliphatic carbocycles. The summed E-state index contributed by atoms with van der Waals surface area (Å²) in [5.74, 6) is 0. The maximum absolute atomic E-state index is 11.8. The number of alkyl carbamates (subject to hydrolysis) is 1. The summed E-state index contributed by atoms with van der Waals surface area (Å²) < 4.78 is 10.9. The highest BCUT2D eigenvalue weighted by molar-refractivity contribution is 5.68. The molecule has 1 aliphatic heterocycles. The quantitative estimate of drug-likeness (QED) is 0.888. The summed E-state index contributed by atoms with van der Waals surface area (Å²) in [6, 6.07) is 8.45. The number of anilines is 1. The van der Waals surface area contributed by atoms with Gasteiger partial charge >= 0.3 is 6.09 Å². The van der Waals surface area contributed by atoms with Gasteiger partial charge in [-0.05, 0) is 52.2 Å². The normalized spacial score (nSPS) is 21.6. The SMILES string of the molecule is CC1CC(Nc2ccccc2CNC(=O)OC(C)(C)C)CCO1. The number of carbonyl (C=O) groups excluding carboxylic acids is 1. The zero-order valence-corrected chi connectivity index (χ0v) is 14.5. The molecule has 1 fully saturated rings. The summed E-state index contributed by atoms with van der Waals surface area (Å²) in [5.41, 5.74) is 1.63. The van der Waals surface area contributed by atoms with E-state index in [4.69, 9.17) is 9.47 Å². The van der Waals surface area contributed by atoms with E-state index >= 15 is 0 Å². The molecule has 5 nitrogen and oxygen atoms in total. The Kier molecular flexibility index (Phi) is 5.88. The Morgan fingerprint density at radius 3 is 2.78 bits per heavy atom. The van der Waals surface area contributed by atoms with Crippen LogP contribution in [0.25, 0.3) is 0 Å². The number of benzene rings is 1. The lowest BCUT2D eigenvalue weighted by Crippen LogP contribution is -2.34. The summed E-state index contributed by atoms with van der Waals surface area (Å²) in [4.78, 5) is 11.8. The highest BCUT2D eigenvalue weighted by atomic mass is 16.6. The molecule has 0 radical (unpaired) electrons. The fourth-order valence-corrected chi connectivity index (χ4v) is 2.65. The maximum Gasteiger partial charge on any atom is 0.407 e. The third-order valence-corrected chi connectivity index (χ3v) is 3.68. The van der Waals surface area contributed by atoms with Crippen molar-refractivity contribution in [3.63, 3.8) is 0 Å². The van der Waals surface area contributed by atoms with Crippen LogP contribution in [0.3, 0.4) is 0 Å². The first-order valence-corrected chi connectivity index (χ1v) is 8.26. The summed E-state index contributed by atoms with van der Waals surface area (Å²) in [5, 5.41) is 6.40. The number of amides is 1. The van der Waals surface area contributed by atoms with Gasteiger partial charge in [-0.2, -0.15) is 0 Å². The van der Waals surface area contributed by atoms with Crippen LogP contribution in [0.15, 0.2) is 24.3 Å². The number of carbonyl (C=O) groups is 1. The molecule has 1 saturated heterocycles. The van der Waals surface area contributed by atoms with E-state index in [-0.39, 0.29) is 6.10 Å². The van der Waals surface area contributed by atoms with Gasteiger partial charge in [0.15, 0.2) is 0 Å². The van der Waals surface area contributed by atoms with Crippen molar-refractivity contribution in [2.75, 3.05) is 11.9 Å². The van der Waals surface area contributed by atoms with Crippen LogP contribution in [0.2, 0.25) is 0 Å². The molecule has 0 spiro atoms. The molecular weight excluding hydrogens is 292 g/mol. The molecule has 0 bridgehead atoms. The summed E-state index contributed by atoms with van der Waals surface area (Å²) in [6.45, 7) is 8.90. The molecule has 0 saturated carbocycles. The van der Waals surface area contributed by atoms with Crippen LogP contribution in [-0.4, -0.2) is 30.4 Å². The minimum absolute atomic E-state index is 0.285. The first kappa shape index (κ1) is 17.6. The second-order valence-electron chi connectivity index (χ2n) is 7.06. The van der Waals surface area contributed by atoms with Crippen LogP contribution in [0.5, 0.6) is 0 Å². The van der Waals surface area contributed by atoms with E-state index in [2.05, 4.69) is 17.6 Å². The van der Waals surface area contributed by atoms with Gasteiger partial charge in [0, 0.05) is 24.9 Å². The van der Waals surface area contributed by atoms with E-state index in [0.717, 1.165) is 30.7 Å². The number of hydrogen-bond acceptors (Lipinski definition) is 4. The first-order valence-electron chi connectivity index (χ1n) is 8.26. The molecule has 2 atom stereocenters. The van der Waals surface area contributed by atoms with Gasteiger partial charge in [0.2, 0.25) is 0 Å². The second kappa shape index (κ2) is 7.68. The number of para-hydroxylation sites is 1. The van der Waals surface area contributed by atoms with Gasteiger partial charge < -0.3 is 20.1 Å². The Hall–Kier alpha value is -1.75. The Morgan fingerprint density at radius 2 is 2.09 bits per heavy atom. The molecule has 2 rings (SSSR count). The van der Waals surface area contributed by atoms with Crippen molar-refractivity contribution >= 4 is 11.8 Å². The standard InChI is InChI=1S/C18H28N2O3/c1-13-11-15(9-10-22-13)20-16-8-6-5-7-14(16)12-19-17(21)23-18(2,3)4/h5-8,13,15,20H,9-12H2,1-4H3,(H,19,21). The summed E-state index contributed by atoms with van der Waals surface area (Å²) in [6.07, 6.45) is 1.88. The lowest BCUT2D eigenvalue weighted by atomic mass is 10.0. The Bertz CT molecular complexity index is 525. The minimum atomic E-state index is -0.486. The fourth-order valence-electron chi connectivity index (χ4n) is 2.65. The molecule has 5 heteroatoms. The molecule has 1 aromatic carbocycles. The van der Waals surface area contributed by atoms with Crippen LogP contribution in [0, 0.1) is 0 Å². The van der Waals surface area contributed by atoms with Gasteiger partial charge in [-0.3, -0.25) is 0 Å². The van der Waals surface area contributed by atoms with Crippen molar-refractivity contribution < 1.29 is 14.3 Å². The van der Waals surface area contributed by atoms with Crippen LogP contribution in [-0.2, 0) is 16.0 Å². The van der Waals surface area contributed by atoms with E-state index in [1.165, 1.54) is 0 Å². The predicted molar refractivity (Wildman–Crippen MR) is 91.6 cm³/mol. The van der Waals surface area contributed by atoms with Gasteiger partial charge in [-0.1, -0.05) is 18.2 Å². The van der Waals surface area contributed by atoms with E-state index in [9.17, 15) is 4.79 Å². The Labute approximate surface area is 138 Å². The van der Waals surface area contributed by atoms with Crippen molar-refractivity contribution in [2.24, 2.45) is 0 Å². The molecule has 0 aromatic heterocycles. The molecule has 1 aromatic rings. The lowest BCUT2D eigenvalue weighted by Gasteiger charge is -2.29. The van der Waals surface area contributed by atoms with Gasteiger partial charge in [0.1, 0.15) is 5.60 Å². The highest BCUT2D eigenvalue weighted by Crippen LogP contribution is 2.21. The largest absolute Gasteiger partial charge is 0.444 e. The molecular formula is C18H28N2O3. The number of ether oxygens (including phenoxy) is 2. The van der Waals surface area contributed by atoms with Gasteiger partial charge in [-0.15, -0.1) is 0 Å². The van der Waals surface area contributed by atoms with Gasteiger partial charge in [0.25, 0.3) is 0 Å². The average molecular weight is 320 g/mol. The van der Waals surface area contributed by atoms with E-state index in [1.807, 2.05) is 45.0 Å². The van der Waals surface area contributed by atoms with Gasteiger partial charge in [-0.25, -0.2) is 4.79 Å². The third kappa shape index (κ3) is 6.10. The summed E-state index contributed by atoms with van der Waals surface area (Å²) >= 11 is 0. The van der Waals surface area contributed by atoms with Crippen molar-refractivity contribution in [3.8, 4) is 0 Å². The van der Waals surface area contributed by atoms with Crippen LogP contribution < -0.4 is 10.6 Å². The molecule has 1 heterocycles. The average Bonchev–Trinajstić information content (AvgIpc) is 2.44. The summed E-state index contributed by atoms with van der Waals surface area (Å²) in [7, 11) is 0. The number of hydrogen-bond donors (Lipinski definition) is 2.